The lowest BCUT2D eigenvalue weighted by molar-refractivity contribution is -0.124. The van der Waals surface area contributed by atoms with Crippen LogP contribution in [0.4, 0.5) is 5.69 Å². The Morgan fingerprint density at radius 2 is 2.32 bits per heavy atom. The van der Waals surface area contributed by atoms with Gasteiger partial charge in [0.05, 0.1) is 11.2 Å². The van der Waals surface area contributed by atoms with E-state index < -0.39 is 0 Å². The molecule has 1 saturated heterocycles. The highest BCUT2D eigenvalue weighted by Crippen LogP contribution is 2.28. The molecule has 2 aromatic rings. The number of benzene rings is 1. The van der Waals surface area contributed by atoms with E-state index in [0.717, 1.165) is 33.9 Å². The number of ether oxygens (including phenoxy) is 1. The van der Waals surface area contributed by atoms with E-state index in [-0.39, 0.29) is 12.0 Å². The maximum Gasteiger partial charge on any atom is 0.253 e. The van der Waals surface area contributed by atoms with Crippen molar-refractivity contribution in [1.29, 1.82) is 0 Å². The van der Waals surface area contributed by atoms with Crippen LogP contribution in [0.5, 0.6) is 0 Å². The lowest BCUT2D eigenvalue weighted by Gasteiger charge is -2.12. The minimum absolute atomic E-state index is 0.0909. The first kappa shape index (κ1) is 12.6. The maximum absolute atomic E-state index is 12.1. The summed E-state index contributed by atoms with van der Waals surface area (Å²) in [5.41, 5.74) is 1.50. The number of carbonyl (C=O) groups is 1. The van der Waals surface area contributed by atoms with E-state index in [9.17, 15) is 4.79 Å². The van der Waals surface area contributed by atoms with Crippen molar-refractivity contribution >= 4 is 38.4 Å². The highest BCUT2D eigenvalue weighted by atomic mass is 79.9. The van der Waals surface area contributed by atoms with E-state index in [1.807, 2.05) is 24.3 Å². The van der Waals surface area contributed by atoms with Gasteiger partial charge in [-0.25, -0.2) is 0 Å². The minimum Gasteiger partial charge on any atom is -0.368 e. The molecule has 1 fully saturated rings. The minimum atomic E-state index is -0.331. The SMILES string of the molecule is O=C(Nc1ccc(Br)c2cccnc12)[C@@H]1CCCO1. The van der Waals surface area contributed by atoms with Gasteiger partial charge in [0.15, 0.2) is 0 Å². The maximum atomic E-state index is 12.1. The fraction of sp³-hybridized carbons (Fsp3) is 0.286. The zero-order valence-electron chi connectivity index (χ0n) is 10.2. The highest BCUT2D eigenvalue weighted by molar-refractivity contribution is 9.10. The Balaban J connectivity index is 1.92. The van der Waals surface area contributed by atoms with Crippen molar-refractivity contribution in [3.63, 3.8) is 0 Å². The molecule has 0 unspecified atom stereocenters. The number of hydrogen-bond donors (Lipinski definition) is 1. The Kier molecular flexibility index (Phi) is 3.48. The van der Waals surface area contributed by atoms with E-state index in [0.29, 0.717) is 6.61 Å². The predicted octanol–water partition coefficient (Wildman–Crippen LogP) is 3.11. The zero-order chi connectivity index (χ0) is 13.2. The third-order valence-corrected chi connectivity index (χ3v) is 3.89. The van der Waals surface area contributed by atoms with Crippen LogP contribution < -0.4 is 5.32 Å². The largest absolute Gasteiger partial charge is 0.368 e. The number of halogens is 1. The summed E-state index contributed by atoms with van der Waals surface area (Å²) in [6.45, 7) is 0.664. The Labute approximate surface area is 119 Å². The van der Waals surface area contributed by atoms with E-state index in [4.69, 9.17) is 4.74 Å². The van der Waals surface area contributed by atoms with Gasteiger partial charge in [-0.05, 0) is 31.0 Å². The normalized spacial score (nSPS) is 18.7. The van der Waals surface area contributed by atoms with Gasteiger partial charge in [0.25, 0.3) is 5.91 Å². The van der Waals surface area contributed by atoms with Crippen LogP contribution in [0, 0.1) is 0 Å². The summed E-state index contributed by atoms with van der Waals surface area (Å²) < 4.78 is 6.34. The molecule has 1 N–H and O–H groups in total. The number of rotatable bonds is 2. The van der Waals surface area contributed by atoms with Crippen LogP contribution in [0.3, 0.4) is 0 Å². The molecular weight excluding hydrogens is 308 g/mol. The number of carbonyl (C=O) groups excluding carboxylic acids is 1. The topological polar surface area (TPSA) is 51.2 Å². The van der Waals surface area contributed by atoms with Gasteiger partial charge >= 0.3 is 0 Å². The number of aromatic nitrogens is 1. The molecule has 1 aromatic carbocycles. The summed E-state index contributed by atoms with van der Waals surface area (Å²) in [6, 6.07) is 7.61. The molecule has 1 atom stereocenters. The van der Waals surface area contributed by atoms with Gasteiger partial charge in [0, 0.05) is 22.7 Å². The molecule has 98 valence electrons. The predicted molar refractivity (Wildman–Crippen MR) is 77.0 cm³/mol. The van der Waals surface area contributed by atoms with Crippen molar-refractivity contribution in [2.45, 2.75) is 18.9 Å². The molecule has 19 heavy (non-hydrogen) atoms. The highest BCUT2D eigenvalue weighted by Gasteiger charge is 2.24. The number of anilines is 1. The molecule has 1 aliphatic heterocycles. The lowest BCUT2D eigenvalue weighted by atomic mass is 10.1. The summed E-state index contributed by atoms with van der Waals surface area (Å²) in [6.07, 6.45) is 3.11. The molecule has 2 heterocycles. The van der Waals surface area contributed by atoms with E-state index >= 15 is 0 Å². The van der Waals surface area contributed by atoms with Gasteiger partial charge < -0.3 is 10.1 Å². The van der Waals surface area contributed by atoms with E-state index in [2.05, 4.69) is 26.2 Å². The third-order valence-electron chi connectivity index (χ3n) is 3.20. The van der Waals surface area contributed by atoms with Crippen molar-refractivity contribution in [3.8, 4) is 0 Å². The first-order chi connectivity index (χ1) is 9.25. The molecule has 0 bridgehead atoms. The van der Waals surface area contributed by atoms with Gasteiger partial charge in [0.2, 0.25) is 0 Å². The van der Waals surface area contributed by atoms with Gasteiger partial charge in [-0.15, -0.1) is 0 Å². The first-order valence-electron chi connectivity index (χ1n) is 6.21. The molecular formula is C14H13BrN2O2. The molecule has 1 amide bonds. The second-order valence-corrected chi connectivity index (χ2v) is 5.34. The van der Waals surface area contributed by atoms with Crippen LogP contribution in [0.2, 0.25) is 0 Å². The van der Waals surface area contributed by atoms with Gasteiger partial charge in [0.1, 0.15) is 6.10 Å². The molecule has 1 aromatic heterocycles. The quantitative estimate of drug-likeness (QED) is 0.925. The van der Waals surface area contributed by atoms with Gasteiger partial charge in [-0.2, -0.15) is 0 Å². The first-order valence-corrected chi connectivity index (χ1v) is 7.01. The van der Waals surface area contributed by atoms with Crippen LogP contribution in [0.15, 0.2) is 34.9 Å². The van der Waals surface area contributed by atoms with Crippen LogP contribution in [0.1, 0.15) is 12.8 Å². The van der Waals surface area contributed by atoms with Crippen LogP contribution >= 0.6 is 15.9 Å². The van der Waals surface area contributed by atoms with Crippen LogP contribution in [-0.4, -0.2) is 23.6 Å². The standard InChI is InChI=1S/C14H13BrN2O2/c15-10-5-6-11(13-9(10)3-1-7-16-13)17-14(18)12-4-2-8-19-12/h1,3,5-7,12H,2,4,8H2,(H,17,18)/t12-/m0/s1. The van der Waals surface area contributed by atoms with Crippen molar-refractivity contribution < 1.29 is 9.53 Å². The lowest BCUT2D eigenvalue weighted by Crippen LogP contribution is -2.27. The van der Waals surface area contributed by atoms with Crippen molar-refractivity contribution in [2.75, 3.05) is 11.9 Å². The average molecular weight is 321 g/mol. The Bertz CT molecular complexity index is 624. The number of hydrogen-bond acceptors (Lipinski definition) is 3. The molecule has 1 aliphatic rings. The molecule has 0 radical (unpaired) electrons. The van der Waals surface area contributed by atoms with Gasteiger partial charge in [-0.1, -0.05) is 22.0 Å². The molecule has 0 aliphatic carbocycles. The number of pyridine rings is 1. The smallest absolute Gasteiger partial charge is 0.253 e. The molecule has 4 nitrogen and oxygen atoms in total. The number of amides is 1. The van der Waals surface area contributed by atoms with Crippen molar-refractivity contribution in [2.24, 2.45) is 0 Å². The van der Waals surface area contributed by atoms with Crippen LogP contribution in [0.25, 0.3) is 10.9 Å². The van der Waals surface area contributed by atoms with Crippen molar-refractivity contribution in [3.05, 3.63) is 34.9 Å². The monoisotopic (exact) mass is 320 g/mol. The summed E-state index contributed by atoms with van der Waals surface area (Å²) in [7, 11) is 0. The second-order valence-electron chi connectivity index (χ2n) is 4.49. The number of fused-ring (bicyclic) bond motifs is 1. The van der Waals surface area contributed by atoms with Crippen LogP contribution in [-0.2, 0) is 9.53 Å². The fourth-order valence-corrected chi connectivity index (χ4v) is 2.69. The molecule has 0 saturated carbocycles. The second kappa shape index (κ2) is 5.27. The summed E-state index contributed by atoms with van der Waals surface area (Å²) in [4.78, 5) is 16.4. The summed E-state index contributed by atoms with van der Waals surface area (Å²) in [5.74, 6) is -0.0909. The Morgan fingerprint density at radius 1 is 1.42 bits per heavy atom. The third kappa shape index (κ3) is 2.48. The summed E-state index contributed by atoms with van der Waals surface area (Å²) in [5, 5.41) is 3.89. The average Bonchev–Trinajstić information content (AvgIpc) is 2.96. The Morgan fingerprint density at radius 3 is 3.11 bits per heavy atom. The van der Waals surface area contributed by atoms with E-state index in [1.54, 1.807) is 6.20 Å². The fourth-order valence-electron chi connectivity index (χ4n) is 2.24. The summed E-state index contributed by atoms with van der Waals surface area (Å²) >= 11 is 3.49. The molecule has 3 rings (SSSR count). The number of nitrogens with zero attached hydrogens (tertiary/aromatic N) is 1. The van der Waals surface area contributed by atoms with E-state index in [1.165, 1.54) is 0 Å². The van der Waals surface area contributed by atoms with Crippen molar-refractivity contribution in [1.82, 2.24) is 4.98 Å². The molecule has 0 spiro atoms. The van der Waals surface area contributed by atoms with Gasteiger partial charge in [-0.3, -0.25) is 9.78 Å². The zero-order valence-corrected chi connectivity index (χ0v) is 11.8. The number of nitrogens with one attached hydrogen (secondary N) is 1. The molecule has 5 heteroatoms. The Hall–Kier alpha value is -1.46.